The third kappa shape index (κ3) is 3.60. The van der Waals surface area contributed by atoms with Crippen LogP contribution in [-0.4, -0.2) is 42.1 Å². The Morgan fingerprint density at radius 3 is 2.62 bits per heavy atom. The van der Waals surface area contributed by atoms with E-state index in [1.807, 2.05) is 25.1 Å². The minimum absolute atomic E-state index is 0.00562. The minimum atomic E-state index is -3.87. The molecule has 1 aliphatic rings. The molecule has 2 amide bonds. The highest BCUT2D eigenvalue weighted by atomic mass is 32.2. The van der Waals surface area contributed by atoms with Crippen molar-refractivity contribution < 1.29 is 18.0 Å². The summed E-state index contributed by atoms with van der Waals surface area (Å²) in [7, 11) is -3.87. The van der Waals surface area contributed by atoms with E-state index in [1.165, 1.54) is 12.1 Å². The first-order chi connectivity index (χ1) is 12.4. The Morgan fingerprint density at radius 2 is 1.92 bits per heavy atom. The molecule has 7 nitrogen and oxygen atoms in total. The van der Waals surface area contributed by atoms with Gasteiger partial charge in [0.15, 0.2) is 0 Å². The second kappa shape index (κ2) is 7.25. The van der Waals surface area contributed by atoms with Crippen LogP contribution in [0.3, 0.4) is 0 Å². The van der Waals surface area contributed by atoms with Crippen LogP contribution < -0.4 is 5.32 Å². The summed E-state index contributed by atoms with van der Waals surface area (Å²) in [6.07, 6.45) is 2.16. The van der Waals surface area contributed by atoms with E-state index in [0.717, 1.165) is 10.00 Å². The monoisotopic (exact) mass is 373 g/mol. The molecule has 1 N–H and O–H groups in total. The van der Waals surface area contributed by atoms with Gasteiger partial charge in [-0.2, -0.15) is 0 Å². The number of amides is 2. The average Bonchev–Trinajstić information content (AvgIpc) is 2.80. The number of carbonyl (C=O) groups excluding carboxylic acids is 2. The first-order valence-corrected chi connectivity index (χ1v) is 9.69. The lowest BCUT2D eigenvalue weighted by Crippen LogP contribution is -2.38. The molecule has 2 heterocycles. The maximum Gasteiger partial charge on any atom is 0.269 e. The summed E-state index contributed by atoms with van der Waals surface area (Å²) in [6.45, 7) is 1.66. The van der Waals surface area contributed by atoms with Crippen molar-refractivity contribution in [3.05, 3.63) is 59.9 Å². The van der Waals surface area contributed by atoms with Gasteiger partial charge in [-0.1, -0.05) is 18.2 Å². The van der Waals surface area contributed by atoms with Crippen LogP contribution in [-0.2, 0) is 21.2 Å². The second-order valence-corrected chi connectivity index (χ2v) is 7.95. The number of hydrogen-bond donors (Lipinski definition) is 1. The molecule has 0 saturated carbocycles. The van der Waals surface area contributed by atoms with E-state index in [2.05, 4.69) is 10.3 Å². The van der Waals surface area contributed by atoms with Crippen LogP contribution in [0.2, 0.25) is 0 Å². The van der Waals surface area contributed by atoms with Crippen molar-refractivity contribution >= 4 is 21.8 Å². The van der Waals surface area contributed by atoms with Gasteiger partial charge in [0, 0.05) is 37.3 Å². The van der Waals surface area contributed by atoms with Crippen molar-refractivity contribution in [2.75, 3.05) is 6.54 Å². The zero-order chi connectivity index (χ0) is 18.7. The number of carbonyl (C=O) groups is 2. The molecule has 0 radical (unpaired) electrons. The molecule has 1 aromatic carbocycles. The highest BCUT2D eigenvalue weighted by molar-refractivity contribution is 7.90. The topological polar surface area (TPSA) is 96.4 Å². The van der Waals surface area contributed by atoms with Gasteiger partial charge in [-0.25, -0.2) is 12.7 Å². The first-order valence-electron chi connectivity index (χ1n) is 8.25. The molecule has 1 aliphatic heterocycles. The van der Waals surface area contributed by atoms with Gasteiger partial charge in [-0.05, 0) is 31.2 Å². The van der Waals surface area contributed by atoms with Gasteiger partial charge >= 0.3 is 0 Å². The third-order valence-corrected chi connectivity index (χ3v) is 5.94. The Morgan fingerprint density at radius 1 is 1.19 bits per heavy atom. The van der Waals surface area contributed by atoms with Crippen LogP contribution in [0.4, 0.5) is 0 Å². The van der Waals surface area contributed by atoms with E-state index in [1.54, 1.807) is 18.3 Å². The smallest absolute Gasteiger partial charge is 0.269 e. The first kappa shape index (κ1) is 18.1. The third-order valence-electron chi connectivity index (χ3n) is 4.10. The number of aromatic nitrogens is 1. The maximum atomic E-state index is 12.4. The zero-order valence-corrected chi connectivity index (χ0v) is 15.1. The van der Waals surface area contributed by atoms with Gasteiger partial charge in [-0.3, -0.25) is 14.6 Å². The summed E-state index contributed by atoms with van der Waals surface area (Å²) in [4.78, 5) is 28.6. The molecular formula is C18H19N3O4S. The van der Waals surface area contributed by atoms with Crippen molar-refractivity contribution in [3.8, 4) is 0 Å². The lowest BCUT2D eigenvalue weighted by Gasteiger charge is -2.17. The van der Waals surface area contributed by atoms with Gasteiger partial charge in [0.05, 0.1) is 5.56 Å². The molecule has 1 atom stereocenters. The minimum Gasteiger partial charge on any atom is -0.353 e. The quantitative estimate of drug-likeness (QED) is 0.825. The number of fused-ring (bicyclic) bond motifs is 1. The summed E-state index contributed by atoms with van der Waals surface area (Å²) in [5.74, 6) is -0.901. The van der Waals surface area contributed by atoms with Crippen molar-refractivity contribution in [1.29, 1.82) is 0 Å². The van der Waals surface area contributed by atoms with Gasteiger partial charge in [0.1, 0.15) is 4.90 Å². The van der Waals surface area contributed by atoms with Gasteiger partial charge in [0.2, 0.25) is 5.91 Å². The number of nitrogens with zero attached hydrogens (tertiary/aromatic N) is 2. The van der Waals surface area contributed by atoms with Crippen LogP contribution in [0.5, 0.6) is 0 Å². The fourth-order valence-electron chi connectivity index (χ4n) is 2.89. The number of nitrogens with one attached hydrogen (secondary N) is 1. The second-order valence-electron chi connectivity index (χ2n) is 6.12. The average molecular weight is 373 g/mol. The Hall–Kier alpha value is -2.74. The predicted octanol–water partition coefficient (Wildman–Crippen LogP) is 1.36. The van der Waals surface area contributed by atoms with Gasteiger partial charge in [-0.15, -0.1) is 0 Å². The number of hydrogen-bond acceptors (Lipinski definition) is 5. The normalized spacial score (nSPS) is 16.2. The van der Waals surface area contributed by atoms with Gasteiger partial charge in [0.25, 0.3) is 15.9 Å². The van der Waals surface area contributed by atoms with Crippen molar-refractivity contribution in [3.63, 3.8) is 0 Å². The summed E-state index contributed by atoms with van der Waals surface area (Å²) < 4.78 is 25.6. The van der Waals surface area contributed by atoms with Crippen molar-refractivity contribution in [2.24, 2.45) is 0 Å². The Kier molecular flexibility index (Phi) is 5.03. The highest BCUT2D eigenvalue weighted by Crippen LogP contribution is 2.29. The highest BCUT2D eigenvalue weighted by Gasteiger charge is 2.40. The van der Waals surface area contributed by atoms with E-state index in [0.29, 0.717) is 6.42 Å². The molecule has 0 bridgehead atoms. The molecule has 0 spiro atoms. The van der Waals surface area contributed by atoms with E-state index >= 15 is 0 Å². The fourth-order valence-corrected chi connectivity index (χ4v) is 4.46. The molecule has 26 heavy (non-hydrogen) atoms. The van der Waals surface area contributed by atoms with Crippen molar-refractivity contribution in [2.45, 2.75) is 30.7 Å². The van der Waals surface area contributed by atoms with E-state index < -0.39 is 15.9 Å². The lowest BCUT2D eigenvalue weighted by molar-refractivity contribution is -0.121. The number of sulfonamides is 1. The summed E-state index contributed by atoms with van der Waals surface area (Å²) in [5.41, 5.74) is 1.00. The summed E-state index contributed by atoms with van der Waals surface area (Å²) in [6, 6.07) is 11.5. The molecule has 0 fully saturated rings. The fraction of sp³-hybridized carbons (Fsp3) is 0.278. The molecule has 0 aliphatic carbocycles. The van der Waals surface area contributed by atoms with E-state index in [-0.39, 0.29) is 35.4 Å². The molecule has 2 aromatic rings. The van der Waals surface area contributed by atoms with E-state index in [4.69, 9.17) is 0 Å². The standard InChI is InChI=1S/C18H19N3O4S/c1-13(12-14-6-4-5-10-19-14)20-17(22)9-11-21-18(23)15-7-2-3-8-16(15)26(21,24)25/h2-8,10,13H,9,11-12H2,1H3,(H,20,22)/t13-/m0/s1. The Balaban J connectivity index is 1.57. The van der Waals surface area contributed by atoms with Crippen LogP contribution in [0.25, 0.3) is 0 Å². The summed E-state index contributed by atoms with van der Waals surface area (Å²) >= 11 is 0. The van der Waals surface area contributed by atoms with Crippen LogP contribution in [0.1, 0.15) is 29.4 Å². The SMILES string of the molecule is C[C@@H](Cc1ccccn1)NC(=O)CCN1C(=O)c2ccccc2S1(=O)=O. The number of rotatable bonds is 6. The number of benzene rings is 1. The van der Waals surface area contributed by atoms with Crippen LogP contribution in [0, 0.1) is 0 Å². The summed E-state index contributed by atoms with van der Waals surface area (Å²) in [5, 5.41) is 2.80. The van der Waals surface area contributed by atoms with Crippen LogP contribution in [0.15, 0.2) is 53.6 Å². The molecule has 1 aromatic heterocycles. The molecule has 3 rings (SSSR count). The molecule has 0 saturated heterocycles. The lowest BCUT2D eigenvalue weighted by atomic mass is 10.1. The van der Waals surface area contributed by atoms with E-state index in [9.17, 15) is 18.0 Å². The van der Waals surface area contributed by atoms with Crippen molar-refractivity contribution in [1.82, 2.24) is 14.6 Å². The predicted molar refractivity (Wildman–Crippen MR) is 94.8 cm³/mol. The largest absolute Gasteiger partial charge is 0.353 e. The number of pyridine rings is 1. The molecule has 136 valence electrons. The maximum absolute atomic E-state index is 12.4. The van der Waals surface area contributed by atoms with Crippen LogP contribution >= 0.6 is 0 Å². The molecule has 0 unspecified atom stereocenters. The molecule has 8 heteroatoms. The Bertz CT molecular complexity index is 928. The zero-order valence-electron chi connectivity index (χ0n) is 14.3. The molecular weight excluding hydrogens is 354 g/mol. The Labute approximate surface area is 152 Å². The van der Waals surface area contributed by atoms with Gasteiger partial charge < -0.3 is 5.32 Å².